The van der Waals surface area contributed by atoms with Crippen molar-refractivity contribution in [2.45, 2.75) is 109 Å². The van der Waals surface area contributed by atoms with Gasteiger partial charge in [-0.05, 0) is 197 Å². The van der Waals surface area contributed by atoms with E-state index in [0.717, 1.165) is 82.6 Å². The van der Waals surface area contributed by atoms with Crippen LogP contribution in [0.25, 0.3) is 0 Å². The van der Waals surface area contributed by atoms with Crippen LogP contribution in [0.5, 0.6) is 0 Å². The number of aliphatic carboxylic acids is 1. The zero-order chi connectivity index (χ0) is 77.1. The number of nitro groups is 2. The van der Waals surface area contributed by atoms with Crippen molar-refractivity contribution in [2.75, 3.05) is 163 Å². The lowest BCUT2D eigenvalue weighted by Gasteiger charge is -2.21. The summed E-state index contributed by atoms with van der Waals surface area (Å²) in [6, 6.07) is 39.3. The summed E-state index contributed by atoms with van der Waals surface area (Å²) < 4.78 is 0. The van der Waals surface area contributed by atoms with E-state index in [9.17, 15) is 29.8 Å². The largest absolute Gasteiger partial charge is 0.481 e. The lowest BCUT2D eigenvalue weighted by Crippen LogP contribution is -2.23. The molecule has 99 heavy (non-hydrogen) atoms. The van der Waals surface area contributed by atoms with Gasteiger partial charge in [0.1, 0.15) is 0 Å². The first-order chi connectivity index (χ1) is 46.2. The smallest absolute Gasteiger partial charge is 0.300 e. The Bertz CT molecular complexity index is 3490. The summed E-state index contributed by atoms with van der Waals surface area (Å²) in [7, 11) is 29.5. The molecule has 0 aromatic heterocycles. The van der Waals surface area contributed by atoms with Gasteiger partial charge in [0.25, 0.3) is 17.3 Å². The molecule has 0 saturated heterocycles. The highest BCUT2D eigenvalue weighted by atomic mass is 16.6. The molecule has 7 aromatic rings. The molecule has 0 aliphatic carbocycles. The van der Waals surface area contributed by atoms with Gasteiger partial charge in [-0.25, -0.2) is 0 Å². The van der Waals surface area contributed by atoms with Gasteiger partial charge in [0.15, 0.2) is 0 Å². The number of aliphatic hydroxyl groups excluding tert-OH is 1. The van der Waals surface area contributed by atoms with Gasteiger partial charge in [-0.3, -0.25) is 34.6 Å². The number of hydrogen-bond donors (Lipinski definition) is 7. The number of carboxylic acid groups (broad SMARTS) is 1. The molecule has 0 fully saturated rings. The van der Waals surface area contributed by atoms with E-state index in [1.165, 1.54) is 64.1 Å². The first-order valence-electron chi connectivity index (χ1n) is 32.5. The van der Waals surface area contributed by atoms with Gasteiger partial charge in [-0.1, -0.05) is 40.7 Å². The molecule has 0 bridgehead atoms. The second-order valence-corrected chi connectivity index (χ2v) is 23.6. The molecule has 7 rings (SSSR count). The Balaban J connectivity index is -0.00000107. The molecule has 0 atom stereocenters. The number of nitrogens with one attached hydrogen (secondary N) is 2. The van der Waals surface area contributed by atoms with Crippen molar-refractivity contribution in [1.29, 1.82) is 0 Å². The molecular weight excluding hydrogens is 1250 g/mol. The van der Waals surface area contributed by atoms with Crippen LogP contribution in [0.1, 0.15) is 99.9 Å². The van der Waals surface area contributed by atoms with Crippen molar-refractivity contribution >= 4 is 91.7 Å². The van der Waals surface area contributed by atoms with Gasteiger partial charge in [0, 0.05) is 205 Å². The van der Waals surface area contributed by atoms with Gasteiger partial charge in [-0.15, -0.1) is 0 Å². The number of anilines is 11. The lowest BCUT2D eigenvalue weighted by molar-refractivity contribution is -0.385. The number of nitrogens with two attached hydrogens (primary N) is 3. The van der Waals surface area contributed by atoms with Crippen molar-refractivity contribution in [3.05, 3.63) is 192 Å². The Kier molecular flexibility index (Phi) is 46.4. The molecule has 2 amide bonds. The fourth-order valence-electron chi connectivity index (χ4n) is 9.04. The Morgan fingerprint density at radius 2 is 0.737 bits per heavy atom. The number of carbonyl (C=O) groups excluding carboxylic acids is 2. The lowest BCUT2D eigenvalue weighted by atomic mass is 10.1. The molecule has 23 heteroatoms. The zero-order valence-electron chi connectivity index (χ0n) is 64.5. The minimum absolute atomic E-state index is 0.0263. The van der Waals surface area contributed by atoms with Crippen LogP contribution in [0.4, 0.5) is 73.9 Å². The number of aryl methyl sites for hydroxylation is 7. The van der Waals surface area contributed by atoms with E-state index in [1.807, 2.05) is 210 Å². The first kappa shape index (κ1) is 93.1. The van der Waals surface area contributed by atoms with Crippen molar-refractivity contribution in [1.82, 2.24) is 5.32 Å². The number of benzene rings is 7. The third-order valence-corrected chi connectivity index (χ3v) is 14.0. The third kappa shape index (κ3) is 36.7. The molecule has 0 aliphatic rings. The van der Waals surface area contributed by atoms with E-state index in [0.29, 0.717) is 5.69 Å². The quantitative estimate of drug-likeness (QED) is 0.0302. The Hall–Kier alpha value is -10.1. The highest BCUT2D eigenvalue weighted by molar-refractivity contribution is 5.91. The van der Waals surface area contributed by atoms with Crippen LogP contribution in [0.15, 0.2) is 127 Å². The number of rotatable bonds is 14. The molecule has 7 aromatic carbocycles. The fraction of sp³-hybridized carbons (Fsp3) is 0.408. The van der Waals surface area contributed by atoms with Crippen LogP contribution < -0.4 is 62.1 Å². The first-order valence-corrected chi connectivity index (χ1v) is 32.5. The molecule has 23 nitrogen and oxygen atoms in total. The van der Waals surface area contributed by atoms with Crippen molar-refractivity contribution < 1.29 is 34.4 Å². The van der Waals surface area contributed by atoms with E-state index in [1.54, 1.807) is 49.2 Å². The minimum Gasteiger partial charge on any atom is -0.481 e. The molecule has 0 saturated carbocycles. The van der Waals surface area contributed by atoms with E-state index >= 15 is 0 Å². The normalized spacial score (nSPS) is 9.45. The summed E-state index contributed by atoms with van der Waals surface area (Å²) in [6.45, 7) is 22.3. The van der Waals surface area contributed by atoms with Crippen LogP contribution in [-0.4, -0.2) is 144 Å². The van der Waals surface area contributed by atoms with Crippen LogP contribution in [0.3, 0.4) is 0 Å². The molecular formula is C76H120N14O9. The van der Waals surface area contributed by atoms with Gasteiger partial charge >= 0.3 is 0 Å². The Morgan fingerprint density at radius 3 is 1.07 bits per heavy atom. The van der Waals surface area contributed by atoms with E-state index in [-0.39, 0.29) is 39.6 Å². The molecule has 0 spiro atoms. The van der Waals surface area contributed by atoms with Gasteiger partial charge < -0.3 is 72.3 Å². The Labute approximate surface area is 592 Å². The summed E-state index contributed by atoms with van der Waals surface area (Å²) in [5.41, 5.74) is 37.1. The average Bonchev–Trinajstić information content (AvgIpc) is 0.859. The number of nitrogen functional groups attached to an aromatic ring is 3. The summed E-state index contributed by atoms with van der Waals surface area (Å²) >= 11 is 0. The summed E-state index contributed by atoms with van der Waals surface area (Å²) in [6.07, 6.45) is 2.95. The number of amides is 2. The fourth-order valence-corrected chi connectivity index (χ4v) is 9.04. The number of non-ortho nitro benzene ring substituents is 2. The number of carbonyl (C=O) groups is 3. The van der Waals surface area contributed by atoms with Gasteiger partial charge in [-0.2, -0.15) is 0 Å². The van der Waals surface area contributed by atoms with E-state index in [4.69, 9.17) is 32.2 Å². The topological polar surface area (TPSA) is 303 Å². The molecule has 548 valence electrons. The number of nitrogens with zero attached hydrogens (tertiary/aromatic N) is 9. The third-order valence-electron chi connectivity index (χ3n) is 14.0. The predicted octanol–water partition coefficient (Wildman–Crippen LogP) is 14.1. The summed E-state index contributed by atoms with van der Waals surface area (Å²) in [5, 5.41) is 42.7. The van der Waals surface area contributed by atoms with Gasteiger partial charge in [0.2, 0.25) is 11.8 Å². The maximum Gasteiger partial charge on any atom is 0.300 e. The highest BCUT2D eigenvalue weighted by Crippen LogP contribution is 2.28. The van der Waals surface area contributed by atoms with Crippen molar-refractivity contribution in [3.63, 3.8) is 0 Å². The number of hydrogen-bond acceptors (Lipinski definition) is 18. The van der Waals surface area contributed by atoms with Crippen molar-refractivity contribution in [3.8, 4) is 0 Å². The van der Waals surface area contributed by atoms with Crippen LogP contribution in [0.2, 0.25) is 0 Å². The second-order valence-electron chi connectivity index (χ2n) is 23.6. The highest BCUT2D eigenvalue weighted by Gasteiger charge is 2.12. The minimum atomic E-state index is -0.833. The number of carboxylic acids is 1. The predicted molar refractivity (Wildman–Crippen MR) is 424 cm³/mol. The second kappa shape index (κ2) is 49.4. The molecule has 0 aliphatic heterocycles. The molecule has 0 unspecified atom stereocenters. The Morgan fingerprint density at radius 1 is 0.434 bits per heavy atom. The van der Waals surface area contributed by atoms with Crippen LogP contribution >= 0.6 is 0 Å². The summed E-state index contributed by atoms with van der Waals surface area (Å²) in [5.74, 6) is -0.811. The monoisotopic (exact) mass is 1370 g/mol. The maximum absolute atomic E-state index is 11.3. The number of aliphatic hydroxyl groups is 1. The number of nitro benzene ring substituents is 2. The molecule has 0 radical (unpaired) electrons. The summed E-state index contributed by atoms with van der Waals surface area (Å²) in [4.78, 5) is 65.0. The standard InChI is InChI=1S/C13H20N2O.C12H18N2O.C10H16N2.C9H12N2O2.C9H14N2O.C9H14N2.C8H9NO2.C2H7N.C2H4O2.C2H6/c1-6-11-9-12(15(5)10(2)16)7-8-13(11)14(3)4;1-5-10-8-11(13-9(2)15)6-7-12(10)14(3)4;1-4-8-7-9(11)5-6-10(8)12(2)3;1-7-6-8(11(12)13)4-5-9(7)10(2)3;1-11(2)9-4-3-8(10)5-7(9)6-12;1-7-6-8(10)4-5-9(7)11(2)3;1-6-3-4-8(9(10)11)5-7(6)2;1-3-2;1-2(3)4;1-2/h7-9H,6H2,1-5H3;6-8H,5H2,1-4H3,(H,13,15);5-7H,4,11H2,1-3H3;4-6H,1-3H3;3-5,12H,6,10H2,1-2H3;4-6H,10H2,1-3H3;3-5H,1-2H3;3H,1-2H3;1H3,(H,3,4);1-2H3. The molecule has 10 N–H and O–H groups in total. The SMILES string of the molecule is CC.CC(=O)O.CCc1cc(N(C)C(C)=O)ccc1N(C)C.CCc1cc(N)ccc1N(C)C.CCc1cc(NC(C)=O)ccc1N(C)C.CN(C)c1ccc(N)cc1CO.CNC.Cc1cc(N)ccc1N(C)C.Cc1cc([N+](=O)[O-])ccc1N(C)C.Cc1ccc([N+](=O)[O-])cc1C. The molecule has 0 heterocycles. The van der Waals surface area contributed by atoms with Gasteiger partial charge in [0.05, 0.1) is 16.5 Å². The van der Waals surface area contributed by atoms with Crippen LogP contribution in [-0.2, 0) is 40.3 Å². The van der Waals surface area contributed by atoms with Crippen molar-refractivity contribution in [2.24, 2.45) is 0 Å². The van der Waals surface area contributed by atoms with Crippen LogP contribution in [0, 0.1) is 47.9 Å². The maximum atomic E-state index is 11.3. The average molecular weight is 1370 g/mol. The zero-order valence-corrected chi connectivity index (χ0v) is 64.5. The van der Waals surface area contributed by atoms with E-state index in [2.05, 4.69) is 76.1 Å². The van der Waals surface area contributed by atoms with E-state index < -0.39 is 5.97 Å².